The third kappa shape index (κ3) is 4.11. The number of nitro groups is 1. The Kier molecular flexibility index (Phi) is 5.55. The van der Waals surface area contributed by atoms with Crippen molar-refractivity contribution in [2.75, 3.05) is 23.9 Å². The molecule has 8 heteroatoms. The van der Waals surface area contributed by atoms with Crippen LogP contribution in [0.15, 0.2) is 18.2 Å². The molecule has 0 aromatic heterocycles. The van der Waals surface area contributed by atoms with Crippen LogP contribution >= 0.6 is 0 Å². The number of nitrogen functional groups attached to an aromatic ring is 1. The number of para-hydroxylation sites is 1. The van der Waals surface area contributed by atoms with Crippen LogP contribution in [-0.2, 0) is 9.53 Å². The number of carbonyl (C=O) groups excluding carboxylic acids is 1. The molecule has 0 aliphatic heterocycles. The molecule has 4 N–H and O–H groups in total. The molecule has 0 spiro atoms. The number of nitrogens with two attached hydrogens (primary N) is 1. The van der Waals surface area contributed by atoms with Gasteiger partial charge in [-0.15, -0.1) is 0 Å². The lowest BCUT2D eigenvalue weighted by molar-refractivity contribution is -0.383. The van der Waals surface area contributed by atoms with Crippen molar-refractivity contribution in [2.24, 2.45) is 5.84 Å². The molecule has 0 aliphatic rings. The smallest absolute Gasteiger partial charge is 0.316 e. The van der Waals surface area contributed by atoms with Crippen LogP contribution < -0.4 is 16.6 Å². The molecule has 0 aliphatic carbocycles. The van der Waals surface area contributed by atoms with E-state index in [0.717, 1.165) is 0 Å². The second-order valence-corrected chi connectivity index (χ2v) is 3.58. The van der Waals surface area contributed by atoms with E-state index in [-0.39, 0.29) is 30.3 Å². The van der Waals surface area contributed by atoms with Crippen molar-refractivity contribution < 1.29 is 14.5 Å². The lowest BCUT2D eigenvalue weighted by Crippen LogP contribution is -2.14. The molecule has 1 aromatic carbocycles. The molecule has 0 fully saturated rings. The molecule has 19 heavy (non-hydrogen) atoms. The number of nitrogens with zero attached hydrogens (tertiary/aromatic N) is 1. The number of nitro benzene ring substituents is 1. The van der Waals surface area contributed by atoms with E-state index >= 15 is 0 Å². The van der Waals surface area contributed by atoms with Gasteiger partial charge in [-0.3, -0.25) is 20.8 Å². The monoisotopic (exact) mass is 268 g/mol. The molecular formula is C11H16N4O4. The topological polar surface area (TPSA) is 120 Å². The first kappa shape index (κ1) is 14.7. The number of nitrogens with one attached hydrogen (secondary N) is 2. The number of hydrogen-bond acceptors (Lipinski definition) is 7. The molecule has 1 rings (SSSR count). The number of hydrazine groups is 1. The van der Waals surface area contributed by atoms with Crippen molar-refractivity contribution in [3.63, 3.8) is 0 Å². The van der Waals surface area contributed by atoms with Gasteiger partial charge in [0.25, 0.3) is 0 Å². The zero-order valence-electron chi connectivity index (χ0n) is 10.5. The van der Waals surface area contributed by atoms with Gasteiger partial charge in [-0.2, -0.15) is 0 Å². The minimum Gasteiger partial charge on any atom is -0.466 e. The average molecular weight is 268 g/mol. The molecule has 0 unspecified atom stereocenters. The molecule has 0 radical (unpaired) electrons. The Morgan fingerprint density at radius 3 is 2.74 bits per heavy atom. The van der Waals surface area contributed by atoms with Crippen LogP contribution in [0.25, 0.3) is 0 Å². The Balaban J connectivity index is 2.73. The first-order chi connectivity index (χ1) is 9.10. The fraction of sp³-hybridized carbons (Fsp3) is 0.364. The summed E-state index contributed by atoms with van der Waals surface area (Å²) >= 11 is 0. The zero-order valence-corrected chi connectivity index (χ0v) is 10.5. The Hall–Kier alpha value is -2.35. The maximum absolute atomic E-state index is 11.1. The SMILES string of the molecule is CCOC(=O)CCNc1cccc(NN)c1[N+](=O)[O-]. The van der Waals surface area contributed by atoms with Gasteiger partial charge in [0.05, 0.1) is 18.0 Å². The van der Waals surface area contributed by atoms with E-state index in [9.17, 15) is 14.9 Å². The van der Waals surface area contributed by atoms with Gasteiger partial charge in [0.1, 0.15) is 11.4 Å². The van der Waals surface area contributed by atoms with Crippen LogP contribution in [0.4, 0.5) is 17.1 Å². The van der Waals surface area contributed by atoms with E-state index in [0.29, 0.717) is 12.3 Å². The third-order valence-corrected chi connectivity index (χ3v) is 2.32. The quantitative estimate of drug-likeness (QED) is 0.294. The van der Waals surface area contributed by atoms with Crippen LogP contribution in [0.5, 0.6) is 0 Å². The summed E-state index contributed by atoms with van der Waals surface area (Å²) in [6.45, 7) is 2.27. The number of benzene rings is 1. The van der Waals surface area contributed by atoms with Gasteiger partial charge < -0.3 is 15.5 Å². The largest absolute Gasteiger partial charge is 0.466 e. The lowest BCUT2D eigenvalue weighted by atomic mass is 10.2. The van der Waals surface area contributed by atoms with E-state index in [1.807, 2.05) is 0 Å². The maximum Gasteiger partial charge on any atom is 0.316 e. The van der Waals surface area contributed by atoms with Gasteiger partial charge in [0.2, 0.25) is 0 Å². The fourth-order valence-electron chi connectivity index (χ4n) is 1.53. The molecule has 1 aromatic rings. The first-order valence-corrected chi connectivity index (χ1v) is 5.73. The number of hydrogen-bond donors (Lipinski definition) is 3. The van der Waals surface area contributed by atoms with Gasteiger partial charge in [-0.1, -0.05) is 6.07 Å². The molecular weight excluding hydrogens is 252 g/mol. The summed E-state index contributed by atoms with van der Waals surface area (Å²) in [7, 11) is 0. The Morgan fingerprint density at radius 1 is 1.47 bits per heavy atom. The van der Waals surface area contributed by atoms with Crippen molar-refractivity contribution in [1.82, 2.24) is 0 Å². The van der Waals surface area contributed by atoms with E-state index in [1.54, 1.807) is 19.1 Å². The highest BCUT2D eigenvalue weighted by Gasteiger charge is 2.18. The molecule has 0 saturated carbocycles. The summed E-state index contributed by atoms with van der Waals surface area (Å²) in [5.74, 6) is 4.86. The highest BCUT2D eigenvalue weighted by atomic mass is 16.6. The standard InChI is InChI=1S/C11H16N4O4/c1-2-19-10(16)6-7-13-8-4-3-5-9(14-12)11(8)15(17)18/h3-5,13-14H,2,6-7,12H2,1H3. The van der Waals surface area contributed by atoms with Crippen LogP contribution in [0, 0.1) is 10.1 Å². The minimum absolute atomic E-state index is 0.130. The summed E-state index contributed by atoms with van der Waals surface area (Å²) in [6, 6.07) is 4.66. The van der Waals surface area contributed by atoms with Crippen LogP contribution in [0.2, 0.25) is 0 Å². The summed E-state index contributed by atoms with van der Waals surface area (Å²) < 4.78 is 4.76. The Bertz CT molecular complexity index is 464. The second-order valence-electron chi connectivity index (χ2n) is 3.58. The molecule has 8 nitrogen and oxygen atoms in total. The number of ether oxygens (including phenoxy) is 1. The van der Waals surface area contributed by atoms with Gasteiger partial charge >= 0.3 is 11.7 Å². The van der Waals surface area contributed by atoms with Crippen LogP contribution in [-0.4, -0.2) is 24.0 Å². The van der Waals surface area contributed by atoms with Crippen molar-refractivity contribution in [2.45, 2.75) is 13.3 Å². The van der Waals surface area contributed by atoms with Crippen molar-refractivity contribution in [3.05, 3.63) is 28.3 Å². The predicted molar refractivity (Wildman–Crippen MR) is 70.6 cm³/mol. The highest BCUT2D eigenvalue weighted by molar-refractivity contribution is 5.76. The second kappa shape index (κ2) is 7.17. The number of esters is 1. The molecule has 0 atom stereocenters. The normalized spacial score (nSPS) is 9.79. The van der Waals surface area contributed by atoms with Crippen molar-refractivity contribution >= 4 is 23.0 Å². The molecule has 0 heterocycles. The minimum atomic E-state index is -0.540. The Labute approximate surface area is 110 Å². The Morgan fingerprint density at radius 2 is 2.16 bits per heavy atom. The number of rotatable bonds is 7. The van der Waals surface area contributed by atoms with Crippen LogP contribution in [0.3, 0.4) is 0 Å². The fourth-order valence-corrected chi connectivity index (χ4v) is 1.53. The highest BCUT2D eigenvalue weighted by Crippen LogP contribution is 2.31. The molecule has 0 bridgehead atoms. The summed E-state index contributed by atoms with van der Waals surface area (Å²) in [5.41, 5.74) is 2.60. The van der Waals surface area contributed by atoms with Gasteiger partial charge in [-0.25, -0.2) is 0 Å². The van der Waals surface area contributed by atoms with Crippen molar-refractivity contribution in [3.8, 4) is 0 Å². The number of carbonyl (C=O) groups is 1. The van der Waals surface area contributed by atoms with E-state index in [4.69, 9.17) is 10.6 Å². The van der Waals surface area contributed by atoms with E-state index in [2.05, 4.69) is 10.7 Å². The van der Waals surface area contributed by atoms with E-state index < -0.39 is 4.92 Å². The third-order valence-electron chi connectivity index (χ3n) is 2.32. The summed E-state index contributed by atoms with van der Waals surface area (Å²) in [5, 5.41) is 13.8. The van der Waals surface area contributed by atoms with E-state index in [1.165, 1.54) is 6.07 Å². The van der Waals surface area contributed by atoms with Crippen molar-refractivity contribution in [1.29, 1.82) is 0 Å². The first-order valence-electron chi connectivity index (χ1n) is 5.73. The van der Waals surface area contributed by atoms with Gasteiger partial charge in [0, 0.05) is 6.54 Å². The molecule has 104 valence electrons. The van der Waals surface area contributed by atoms with Gasteiger partial charge in [-0.05, 0) is 19.1 Å². The maximum atomic E-state index is 11.1. The predicted octanol–water partition coefficient (Wildman–Crippen LogP) is 1.25. The molecule has 0 saturated heterocycles. The van der Waals surface area contributed by atoms with Crippen LogP contribution in [0.1, 0.15) is 13.3 Å². The summed E-state index contributed by atoms with van der Waals surface area (Å²) in [4.78, 5) is 21.6. The zero-order chi connectivity index (χ0) is 14.3. The van der Waals surface area contributed by atoms with Gasteiger partial charge in [0.15, 0.2) is 0 Å². The number of anilines is 2. The lowest BCUT2D eigenvalue weighted by Gasteiger charge is -2.09. The summed E-state index contributed by atoms with van der Waals surface area (Å²) in [6.07, 6.45) is 0.130. The average Bonchev–Trinajstić information content (AvgIpc) is 2.38. The molecule has 0 amide bonds.